The SMILES string of the molecule is CS(=O)(=O)c1ccc(OC2CCCCC2)c(N)c1. The molecule has 0 heterocycles. The second-order valence-electron chi connectivity index (χ2n) is 4.85. The van der Waals surface area contributed by atoms with Crippen molar-refractivity contribution < 1.29 is 13.2 Å². The summed E-state index contributed by atoms with van der Waals surface area (Å²) < 4.78 is 28.6. The zero-order valence-corrected chi connectivity index (χ0v) is 11.4. The Balaban J connectivity index is 2.14. The number of benzene rings is 1. The lowest BCUT2D eigenvalue weighted by Gasteiger charge is -2.23. The van der Waals surface area contributed by atoms with Gasteiger partial charge in [-0.25, -0.2) is 8.42 Å². The summed E-state index contributed by atoms with van der Waals surface area (Å²) in [5, 5.41) is 0. The van der Waals surface area contributed by atoms with E-state index in [9.17, 15) is 8.42 Å². The molecule has 1 saturated carbocycles. The lowest BCUT2D eigenvalue weighted by Crippen LogP contribution is -2.20. The molecule has 1 aliphatic carbocycles. The predicted molar refractivity (Wildman–Crippen MR) is 71.5 cm³/mol. The van der Waals surface area contributed by atoms with E-state index in [1.165, 1.54) is 31.6 Å². The molecule has 0 amide bonds. The lowest BCUT2D eigenvalue weighted by atomic mass is 9.98. The number of hydrogen-bond donors (Lipinski definition) is 1. The van der Waals surface area contributed by atoms with Gasteiger partial charge in [0.1, 0.15) is 5.75 Å². The molecular formula is C13H19NO3S. The van der Waals surface area contributed by atoms with Gasteiger partial charge in [0.05, 0.1) is 16.7 Å². The van der Waals surface area contributed by atoms with E-state index in [4.69, 9.17) is 10.5 Å². The van der Waals surface area contributed by atoms with Crippen molar-refractivity contribution in [1.29, 1.82) is 0 Å². The number of anilines is 1. The van der Waals surface area contributed by atoms with Crippen LogP contribution in [0.2, 0.25) is 0 Å². The maximum absolute atomic E-state index is 11.4. The van der Waals surface area contributed by atoms with Gasteiger partial charge in [-0.05, 0) is 43.9 Å². The third-order valence-electron chi connectivity index (χ3n) is 3.26. The highest BCUT2D eigenvalue weighted by Crippen LogP contribution is 2.29. The van der Waals surface area contributed by atoms with Crippen LogP contribution in [0.1, 0.15) is 32.1 Å². The fraction of sp³-hybridized carbons (Fsp3) is 0.538. The van der Waals surface area contributed by atoms with Gasteiger partial charge in [-0.15, -0.1) is 0 Å². The molecule has 1 aromatic rings. The van der Waals surface area contributed by atoms with Gasteiger partial charge in [-0.2, -0.15) is 0 Å². The van der Waals surface area contributed by atoms with Crippen LogP contribution in [-0.4, -0.2) is 20.8 Å². The molecule has 1 fully saturated rings. The molecule has 0 unspecified atom stereocenters. The maximum Gasteiger partial charge on any atom is 0.175 e. The molecule has 18 heavy (non-hydrogen) atoms. The Morgan fingerprint density at radius 2 is 1.89 bits per heavy atom. The fourth-order valence-corrected chi connectivity index (χ4v) is 2.88. The monoisotopic (exact) mass is 269 g/mol. The van der Waals surface area contributed by atoms with Crippen LogP contribution in [0, 0.1) is 0 Å². The van der Waals surface area contributed by atoms with E-state index in [1.807, 2.05) is 0 Å². The molecular weight excluding hydrogens is 250 g/mol. The molecule has 0 spiro atoms. The van der Waals surface area contributed by atoms with Gasteiger partial charge >= 0.3 is 0 Å². The average molecular weight is 269 g/mol. The predicted octanol–water partition coefficient (Wildman–Crippen LogP) is 2.38. The molecule has 1 aliphatic rings. The van der Waals surface area contributed by atoms with Gasteiger partial charge in [0.25, 0.3) is 0 Å². The molecule has 0 radical (unpaired) electrons. The number of nitrogens with two attached hydrogens (primary N) is 1. The highest BCUT2D eigenvalue weighted by molar-refractivity contribution is 7.90. The Bertz CT molecular complexity index is 519. The van der Waals surface area contributed by atoms with Crippen LogP contribution in [0.5, 0.6) is 5.75 Å². The number of rotatable bonds is 3. The van der Waals surface area contributed by atoms with Crippen molar-refractivity contribution in [2.24, 2.45) is 0 Å². The van der Waals surface area contributed by atoms with Crippen molar-refractivity contribution in [2.75, 3.05) is 12.0 Å². The third-order valence-corrected chi connectivity index (χ3v) is 4.37. The van der Waals surface area contributed by atoms with E-state index in [2.05, 4.69) is 0 Å². The molecule has 5 heteroatoms. The first kappa shape index (κ1) is 13.2. The first-order chi connectivity index (χ1) is 8.47. The minimum atomic E-state index is -3.21. The Morgan fingerprint density at radius 1 is 1.22 bits per heavy atom. The highest BCUT2D eigenvalue weighted by Gasteiger charge is 2.17. The van der Waals surface area contributed by atoms with Crippen LogP contribution >= 0.6 is 0 Å². The van der Waals surface area contributed by atoms with Crippen molar-refractivity contribution in [3.05, 3.63) is 18.2 Å². The molecule has 4 nitrogen and oxygen atoms in total. The van der Waals surface area contributed by atoms with Crippen LogP contribution in [0.15, 0.2) is 23.1 Å². The molecule has 0 aliphatic heterocycles. The zero-order valence-electron chi connectivity index (χ0n) is 10.6. The smallest absolute Gasteiger partial charge is 0.175 e. The largest absolute Gasteiger partial charge is 0.488 e. The lowest BCUT2D eigenvalue weighted by molar-refractivity contribution is 0.156. The summed E-state index contributed by atoms with van der Waals surface area (Å²) in [6.07, 6.45) is 7.12. The molecule has 0 saturated heterocycles. The Kier molecular flexibility index (Phi) is 3.80. The van der Waals surface area contributed by atoms with E-state index >= 15 is 0 Å². The number of sulfone groups is 1. The van der Waals surface area contributed by atoms with Crippen LogP contribution in [0.3, 0.4) is 0 Å². The van der Waals surface area contributed by atoms with Crippen molar-refractivity contribution in [3.63, 3.8) is 0 Å². The topological polar surface area (TPSA) is 69.4 Å². The molecule has 0 atom stereocenters. The number of nitrogen functional groups attached to an aromatic ring is 1. The molecule has 0 aromatic heterocycles. The highest BCUT2D eigenvalue weighted by atomic mass is 32.2. The summed E-state index contributed by atoms with van der Waals surface area (Å²) in [5.41, 5.74) is 6.24. The van der Waals surface area contributed by atoms with E-state index in [0.29, 0.717) is 11.4 Å². The summed E-state index contributed by atoms with van der Waals surface area (Å²) in [4.78, 5) is 0.232. The van der Waals surface area contributed by atoms with E-state index in [-0.39, 0.29) is 11.0 Å². The van der Waals surface area contributed by atoms with Gasteiger partial charge in [-0.1, -0.05) is 6.42 Å². The summed E-state index contributed by atoms with van der Waals surface area (Å²) in [7, 11) is -3.21. The van der Waals surface area contributed by atoms with Crippen molar-refractivity contribution in [1.82, 2.24) is 0 Å². The van der Waals surface area contributed by atoms with Crippen molar-refractivity contribution in [2.45, 2.75) is 43.1 Å². The second-order valence-corrected chi connectivity index (χ2v) is 6.87. The van der Waals surface area contributed by atoms with Gasteiger partial charge in [0, 0.05) is 6.26 Å². The standard InChI is InChI=1S/C13H19NO3S/c1-18(15,16)11-7-8-13(12(14)9-11)17-10-5-3-2-4-6-10/h7-10H,2-6,14H2,1H3. The maximum atomic E-state index is 11.4. The number of ether oxygens (including phenoxy) is 1. The van der Waals surface area contributed by atoms with Gasteiger partial charge in [0.2, 0.25) is 0 Å². The van der Waals surface area contributed by atoms with Crippen molar-refractivity contribution >= 4 is 15.5 Å². The fourth-order valence-electron chi connectivity index (χ4n) is 2.23. The first-order valence-electron chi connectivity index (χ1n) is 6.23. The van der Waals surface area contributed by atoms with Gasteiger partial charge < -0.3 is 10.5 Å². The summed E-state index contributed by atoms with van der Waals surface area (Å²) in [5.74, 6) is 0.592. The molecule has 2 rings (SSSR count). The second kappa shape index (κ2) is 5.18. The summed E-state index contributed by atoms with van der Waals surface area (Å²) in [6, 6.07) is 4.66. The summed E-state index contributed by atoms with van der Waals surface area (Å²) in [6.45, 7) is 0. The van der Waals surface area contributed by atoms with E-state index in [1.54, 1.807) is 12.1 Å². The summed E-state index contributed by atoms with van der Waals surface area (Å²) >= 11 is 0. The molecule has 0 bridgehead atoms. The van der Waals surface area contributed by atoms with E-state index < -0.39 is 9.84 Å². The first-order valence-corrected chi connectivity index (χ1v) is 8.12. The minimum Gasteiger partial charge on any atom is -0.488 e. The Labute approximate surface area is 108 Å². The van der Waals surface area contributed by atoms with Crippen LogP contribution < -0.4 is 10.5 Å². The number of hydrogen-bond acceptors (Lipinski definition) is 4. The van der Waals surface area contributed by atoms with Crippen LogP contribution in [0.4, 0.5) is 5.69 Å². The molecule has 2 N–H and O–H groups in total. The Hall–Kier alpha value is -1.23. The van der Waals surface area contributed by atoms with Crippen molar-refractivity contribution in [3.8, 4) is 5.75 Å². The van der Waals surface area contributed by atoms with Gasteiger partial charge in [-0.3, -0.25) is 0 Å². The quantitative estimate of drug-likeness (QED) is 0.855. The minimum absolute atomic E-state index is 0.213. The van der Waals surface area contributed by atoms with Gasteiger partial charge in [0.15, 0.2) is 9.84 Å². The average Bonchev–Trinajstić information content (AvgIpc) is 2.32. The van der Waals surface area contributed by atoms with Crippen LogP contribution in [0.25, 0.3) is 0 Å². The molecule has 100 valence electrons. The normalized spacial score (nSPS) is 17.6. The third kappa shape index (κ3) is 3.16. The van der Waals surface area contributed by atoms with Crippen LogP contribution in [-0.2, 0) is 9.84 Å². The molecule has 1 aromatic carbocycles. The zero-order chi connectivity index (χ0) is 13.2. The van der Waals surface area contributed by atoms with E-state index in [0.717, 1.165) is 12.8 Å². The Morgan fingerprint density at radius 3 is 2.44 bits per heavy atom.